The number of ether oxygens (including phenoxy) is 1. The summed E-state index contributed by atoms with van der Waals surface area (Å²) in [7, 11) is 1.70. The number of hydrogen-bond acceptors (Lipinski definition) is 4. The van der Waals surface area contributed by atoms with Crippen LogP contribution in [-0.2, 0) is 4.74 Å². The zero-order chi connectivity index (χ0) is 13.8. The van der Waals surface area contributed by atoms with Gasteiger partial charge in [-0.3, -0.25) is 0 Å². The van der Waals surface area contributed by atoms with E-state index in [1.54, 1.807) is 7.11 Å². The van der Waals surface area contributed by atoms with Crippen molar-refractivity contribution in [2.24, 2.45) is 10.9 Å². The smallest absolute Gasteiger partial charge is 0.172 e. The molecule has 0 radical (unpaired) electrons. The van der Waals surface area contributed by atoms with E-state index >= 15 is 0 Å². The van der Waals surface area contributed by atoms with E-state index in [1.165, 1.54) is 12.8 Å². The highest BCUT2D eigenvalue weighted by Gasteiger charge is 2.30. The zero-order valence-electron chi connectivity index (χ0n) is 11.5. The predicted molar refractivity (Wildman–Crippen MR) is 75.9 cm³/mol. The number of oxime groups is 1. The van der Waals surface area contributed by atoms with Crippen LogP contribution in [0.2, 0.25) is 0 Å². The highest BCUT2D eigenvalue weighted by molar-refractivity contribution is 6.02. The summed E-state index contributed by atoms with van der Waals surface area (Å²) in [5, 5.41) is 12.0. The van der Waals surface area contributed by atoms with Crippen LogP contribution in [0, 0.1) is 6.92 Å². The topological polar surface area (TPSA) is 71.1 Å². The van der Waals surface area contributed by atoms with Crippen molar-refractivity contribution in [1.82, 2.24) is 0 Å². The molecule has 1 fully saturated rings. The van der Waals surface area contributed by atoms with E-state index in [2.05, 4.69) is 16.1 Å². The molecule has 0 heterocycles. The van der Waals surface area contributed by atoms with E-state index in [0.29, 0.717) is 12.6 Å². The molecule has 0 bridgehead atoms. The molecule has 1 aliphatic carbocycles. The van der Waals surface area contributed by atoms with E-state index < -0.39 is 0 Å². The van der Waals surface area contributed by atoms with Crippen molar-refractivity contribution < 1.29 is 9.94 Å². The predicted octanol–water partition coefficient (Wildman–Crippen LogP) is 1.70. The van der Waals surface area contributed by atoms with Crippen molar-refractivity contribution in [3.05, 3.63) is 29.3 Å². The standard InChI is InChI=1S/C14H21N3O2/c1-10-3-6-12(14(15)16-18)13(9-10)17(7-8-19-2)11-4-5-11/h3,6,9,11,18H,4-5,7-8H2,1-2H3,(H2,15,16). The normalized spacial score (nSPS) is 15.6. The van der Waals surface area contributed by atoms with Crippen molar-refractivity contribution >= 4 is 11.5 Å². The molecule has 5 heteroatoms. The molecule has 2 rings (SSSR count). The molecule has 1 saturated carbocycles. The first-order valence-corrected chi connectivity index (χ1v) is 6.51. The largest absolute Gasteiger partial charge is 0.409 e. The summed E-state index contributed by atoms with van der Waals surface area (Å²) in [5.41, 5.74) is 8.73. The summed E-state index contributed by atoms with van der Waals surface area (Å²) in [6.07, 6.45) is 2.38. The van der Waals surface area contributed by atoms with E-state index in [9.17, 15) is 0 Å². The van der Waals surface area contributed by atoms with Crippen LogP contribution >= 0.6 is 0 Å². The molecule has 0 atom stereocenters. The minimum absolute atomic E-state index is 0.151. The van der Waals surface area contributed by atoms with Gasteiger partial charge in [0.2, 0.25) is 0 Å². The third kappa shape index (κ3) is 3.17. The Hall–Kier alpha value is -1.75. The lowest BCUT2D eigenvalue weighted by molar-refractivity contribution is 0.205. The van der Waals surface area contributed by atoms with Crippen molar-refractivity contribution in [3.8, 4) is 0 Å². The highest BCUT2D eigenvalue weighted by Crippen LogP contribution is 2.34. The van der Waals surface area contributed by atoms with Gasteiger partial charge in [-0.05, 0) is 37.5 Å². The highest BCUT2D eigenvalue weighted by atomic mass is 16.5. The van der Waals surface area contributed by atoms with Gasteiger partial charge in [0.1, 0.15) is 0 Å². The number of aryl methyl sites for hydroxylation is 1. The monoisotopic (exact) mass is 263 g/mol. The summed E-state index contributed by atoms with van der Waals surface area (Å²) in [4.78, 5) is 2.30. The van der Waals surface area contributed by atoms with Gasteiger partial charge in [-0.2, -0.15) is 0 Å². The van der Waals surface area contributed by atoms with E-state index in [4.69, 9.17) is 15.7 Å². The lowest BCUT2D eigenvalue weighted by atomic mass is 10.1. The van der Waals surface area contributed by atoms with E-state index in [0.717, 1.165) is 23.4 Å². The quantitative estimate of drug-likeness (QED) is 0.355. The van der Waals surface area contributed by atoms with Gasteiger partial charge in [-0.25, -0.2) is 0 Å². The molecule has 0 saturated heterocycles. The molecule has 19 heavy (non-hydrogen) atoms. The Labute approximate surface area is 113 Å². The van der Waals surface area contributed by atoms with Crippen LogP contribution in [0.25, 0.3) is 0 Å². The molecule has 104 valence electrons. The van der Waals surface area contributed by atoms with Gasteiger partial charge in [0.25, 0.3) is 0 Å². The summed E-state index contributed by atoms with van der Waals surface area (Å²) in [6.45, 7) is 3.53. The maximum Gasteiger partial charge on any atom is 0.172 e. The number of rotatable bonds is 6. The van der Waals surface area contributed by atoms with Gasteiger partial charge in [0.15, 0.2) is 5.84 Å². The second-order valence-electron chi connectivity index (χ2n) is 4.92. The molecule has 0 spiro atoms. The molecule has 1 aromatic rings. The fourth-order valence-corrected chi connectivity index (χ4v) is 2.23. The molecular formula is C14H21N3O2. The van der Waals surface area contributed by atoms with Gasteiger partial charge in [0, 0.05) is 30.9 Å². The van der Waals surface area contributed by atoms with Crippen LogP contribution in [-0.4, -0.2) is 37.3 Å². The summed E-state index contributed by atoms with van der Waals surface area (Å²) in [6, 6.07) is 6.50. The maximum atomic E-state index is 8.91. The fraction of sp³-hybridized carbons (Fsp3) is 0.500. The Kier molecular flexibility index (Phi) is 4.27. The van der Waals surface area contributed by atoms with Crippen molar-refractivity contribution in [2.45, 2.75) is 25.8 Å². The SMILES string of the molecule is COCCN(c1cc(C)ccc1C(N)=NO)C1CC1. The first-order valence-electron chi connectivity index (χ1n) is 6.51. The Bertz CT molecular complexity index is 470. The Morgan fingerprint density at radius 1 is 1.53 bits per heavy atom. The molecule has 5 nitrogen and oxygen atoms in total. The zero-order valence-corrected chi connectivity index (χ0v) is 11.5. The van der Waals surface area contributed by atoms with Crippen molar-refractivity contribution in [1.29, 1.82) is 0 Å². The van der Waals surface area contributed by atoms with E-state index in [-0.39, 0.29) is 5.84 Å². The Morgan fingerprint density at radius 2 is 2.26 bits per heavy atom. The molecule has 1 aromatic carbocycles. The minimum atomic E-state index is 0.151. The molecule has 0 aliphatic heterocycles. The number of hydrogen-bond donors (Lipinski definition) is 2. The number of nitrogens with zero attached hydrogens (tertiary/aromatic N) is 2. The summed E-state index contributed by atoms with van der Waals surface area (Å²) < 4.78 is 5.18. The third-order valence-electron chi connectivity index (χ3n) is 3.37. The lowest BCUT2D eigenvalue weighted by Crippen LogP contribution is -2.32. The first-order chi connectivity index (χ1) is 9.17. The van der Waals surface area contributed by atoms with Gasteiger partial charge < -0.3 is 20.6 Å². The van der Waals surface area contributed by atoms with E-state index in [1.807, 2.05) is 19.1 Å². The van der Waals surface area contributed by atoms with Crippen molar-refractivity contribution in [3.63, 3.8) is 0 Å². The first kappa shape index (κ1) is 13.7. The Balaban J connectivity index is 2.36. The fourth-order valence-electron chi connectivity index (χ4n) is 2.23. The second-order valence-corrected chi connectivity index (χ2v) is 4.92. The van der Waals surface area contributed by atoms with Gasteiger partial charge >= 0.3 is 0 Å². The van der Waals surface area contributed by atoms with Crippen LogP contribution in [0.1, 0.15) is 24.0 Å². The molecular weight excluding hydrogens is 242 g/mol. The molecule has 0 unspecified atom stereocenters. The van der Waals surface area contributed by atoms with Gasteiger partial charge in [0.05, 0.1) is 6.61 Å². The number of amidine groups is 1. The van der Waals surface area contributed by atoms with Crippen LogP contribution in [0.4, 0.5) is 5.69 Å². The second kappa shape index (κ2) is 5.93. The molecule has 3 N–H and O–H groups in total. The van der Waals surface area contributed by atoms with Gasteiger partial charge in [-0.1, -0.05) is 11.2 Å². The van der Waals surface area contributed by atoms with Crippen LogP contribution in [0.15, 0.2) is 23.4 Å². The number of benzene rings is 1. The number of nitrogens with two attached hydrogens (primary N) is 1. The van der Waals surface area contributed by atoms with Crippen LogP contribution in [0.3, 0.4) is 0 Å². The average Bonchev–Trinajstić information content (AvgIpc) is 3.23. The van der Waals surface area contributed by atoms with Crippen LogP contribution < -0.4 is 10.6 Å². The minimum Gasteiger partial charge on any atom is -0.409 e. The van der Waals surface area contributed by atoms with Crippen LogP contribution in [0.5, 0.6) is 0 Å². The van der Waals surface area contributed by atoms with Crippen molar-refractivity contribution in [2.75, 3.05) is 25.2 Å². The average molecular weight is 263 g/mol. The third-order valence-corrected chi connectivity index (χ3v) is 3.37. The molecule has 0 amide bonds. The number of anilines is 1. The van der Waals surface area contributed by atoms with Gasteiger partial charge in [-0.15, -0.1) is 0 Å². The maximum absolute atomic E-state index is 8.91. The summed E-state index contributed by atoms with van der Waals surface area (Å²) >= 11 is 0. The molecule has 1 aliphatic rings. The lowest BCUT2D eigenvalue weighted by Gasteiger charge is -2.27. The Morgan fingerprint density at radius 3 is 2.84 bits per heavy atom. The molecule has 0 aromatic heterocycles. The number of methoxy groups -OCH3 is 1. The summed E-state index contributed by atoms with van der Waals surface area (Å²) in [5.74, 6) is 0.151.